The van der Waals surface area contributed by atoms with Gasteiger partial charge in [0.1, 0.15) is 0 Å². The average Bonchev–Trinajstić information content (AvgIpc) is 2.40. The van der Waals surface area contributed by atoms with Crippen LogP contribution in [-0.4, -0.2) is 25.8 Å². The van der Waals surface area contributed by atoms with Crippen LogP contribution in [0.1, 0.15) is 59.3 Å². The Hall–Kier alpha value is -0.0800. The molecular weight excluding hydrogens is 210 g/mol. The zero-order valence-corrected chi connectivity index (χ0v) is 12.4. The lowest BCUT2D eigenvalue weighted by molar-refractivity contribution is -0.0497. The first-order valence-electron chi connectivity index (χ1n) is 7.33. The molecule has 2 atom stereocenters. The zero-order valence-electron chi connectivity index (χ0n) is 12.4. The van der Waals surface area contributed by atoms with E-state index in [0.717, 1.165) is 18.3 Å². The van der Waals surface area contributed by atoms with Crippen molar-refractivity contribution in [3.05, 3.63) is 0 Å². The van der Waals surface area contributed by atoms with E-state index in [1.165, 1.54) is 32.1 Å². The van der Waals surface area contributed by atoms with Crippen LogP contribution in [-0.2, 0) is 4.74 Å². The summed E-state index contributed by atoms with van der Waals surface area (Å²) < 4.78 is 5.78. The molecule has 1 fully saturated rings. The number of nitrogens with one attached hydrogen (secondary N) is 1. The van der Waals surface area contributed by atoms with Crippen molar-refractivity contribution in [3.8, 4) is 0 Å². The lowest BCUT2D eigenvalue weighted by Gasteiger charge is -2.43. The number of likely N-dealkylation sites (N-methyl/N-ethyl adjacent to an activating group) is 1. The predicted octanol–water partition coefficient (Wildman–Crippen LogP) is 3.61. The van der Waals surface area contributed by atoms with Crippen molar-refractivity contribution in [2.45, 2.75) is 70.9 Å². The van der Waals surface area contributed by atoms with Crippen molar-refractivity contribution in [2.24, 2.45) is 11.8 Å². The fraction of sp³-hybridized carbons (Fsp3) is 1.00. The first-order chi connectivity index (χ1) is 8.11. The van der Waals surface area contributed by atoms with Crippen LogP contribution < -0.4 is 5.32 Å². The second-order valence-electron chi connectivity index (χ2n) is 5.83. The molecule has 1 aliphatic rings. The quantitative estimate of drug-likeness (QED) is 0.767. The summed E-state index contributed by atoms with van der Waals surface area (Å²) in [5.74, 6) is 1.76. The van der Waals surface area contributed by atoms with Crippen LogP contribution in [0.2, 0.25) is 0 Å². The van der Waals surface area contributed by atoms with Crippen molar-refractivity contribution >= 4 is 0 Å². The first kappa shape index (κ1) is 15.0. The minimum atomic E-state index is -0.0154. The monoisotopic (exact) mass is 241 g/mol. The average molecular weight is 241 g/mol. The Balaban J connectivity index is 2.62. The molecule has 0 bridgehead atoms. The summed E-state index contributed by atoms with van der Waals surface area (Å²) in [6.45, 7) is 6.80. The van der Waals surface area contributed by atoms with E-state index >= 15 is 0 Å². The lowest BCUT2D eigenvalue weighted by Crippen LogP contribution is -2.53. The lowest BCUT2D eigenvalue weighted by atomic mass is 9.73. The van der Waals surface area contributed by atoms with E-state index < -0.39 is 0 Å². The third-order valence-corrected chi connectivity index (χ3v) is 5.08. The van der Waals surface area contributed by atoms with E-state index in [2.05, 4.69) is 33.1 Å². The van der Waals surface area contributed by atoms with Crippen LogP contribution in [0.4, 0.5) is 0 Å². The summed E-state index contributed by atoms with van der Waals surface area (Å²) >= 11 is 0. The smallest absolute Gasteiger partial charge is 0.0802 e. The molecule has 0 saturated heterocycles. The van der Waals surface area contributed by atoms with Gasteiger partial charge in [0, 0.05) is 13.2 Å². The highest BCUT2D eigenvalue weighted by Crippen LogP contribution is 2.37. The number of hydrogen-bond acceptors (Lipinski definition) is 2. The molecule has 1 N–H and O–H groups in total. The Kier molecular flexibility index (Phi) is 5.94. The first-order valence-corrected chi connectivity index (χ1v) is 7.33. The standard InChI is InChI=1S/C15H31NO/c1-6-12-8-10-13(11-9-12)14(16-4)15(3,7-2)17-5/h12-14,16H,6-11H2,1-5H3. The van der Waals surface area contributed by atoms with E-state index in [9.17, 15) is 0 Å². The molecule has 1 aliphatic carbocycles. The van der Waals surface area contributed by atoms with Gasteiger partial charge in [-0.2, -0.15) is 0 Å². The minimum absolute atomic E-state index is 0.0154. The fourth-order valence-corrected chi connectivity index (χ4v) is 3.46. The Bertz CT molecular complexity index is 205. The van der Waals surface area contributed by atoms with Gasteiger partial charge in [-0.15, -0.1) is 0 Å². The van der Waals surface area contributed by atoms with Crippen molar-refractivity contribution in [2.75, 3.05) is 14.2 Å². The Morgan fingerprint density at radius 3 is 2.18 bits per heavy atom. The number of hydrogen-bond donors (Lipinski definition) is 1. The SMILES string of the molecule is CCC1CCC(C(NC)C(C)(CC)OC)CC1. The Labute approximate surface area is 108 Å². The molecule has 0 aromatic heterocycles. The maximum Gasteiger partial charge on any atom is 0.0802 e. The van der Waals surface area contributed by atoms with E-state index in [0.29, 0.717) is 6.04 Å². The summed E-state index contributed by atoms with van der Waals surface area (Å²) in [4.78, 5) is 0. The van der Waals surface area contributed by atoms with Gasteiger partial charge < -0.3 is 10.1 Å². The summed E-state index contributed by atoms with van der Waals surface area (Å²) in [6, 6.07) is 0.496. The van der Waals surface area contributed by atoms with E-state index in [1.54, 1.807) is 0 Å². The Morgan fingerprint density at radius 2 is 1.82 bits per heavy atom. The van der Waals surface area contributed by atoms with E-state index in [-0.39, 0.29) is 5.60 Å². The topological polar surface area (TPSA) is 21.3 Å². The predicted molar refractivity (Wildman–Crippen MR) is 74.3 cm³/mol. The number of rotatable bonds is 6. The summed E-state index contributed by atoms with van der Waals surface area (Å²) in [6.07, 6.45) is 7.96. The molecule has 0 radical (unpaired) electrons. The van der Waals surface area contributed by atoms with Crippen molar-refractivity contribution in [3.63, 3.8) is 0 Å². The molecule has 1 rings (SSSR count). The van der Waals surface area contributed by atoms with Gasteiger partial charge in [0.2, 0.25) is 0 Å². The third kappa shape index (κ3) is 3.45. The van der Waals surface area contributed by atoms with Crippen LogP contribution in [0.3, 0.4) is 0 Å². The molecule has 2 heteroatoms. The van der Waals surface area contributed by atoms with Crippen LogP contribution in [0, 0.1) is 11.8 Å². The summed E-state index contributed by atoms with van der Waals surface area (Å²) in [7, 11) is 3.94. The highest BCUT2D eigenvalue weighted by molar-refractivity contribution is 4.94. The molecule has 0 aromatic carbocycles. The highest BCUT2D eigenvalue weighted by atomic mass is 16.5. The van der Waals surface area contributed by atoms with Gasteiger partial charge in [-0.05, 0) is 45.1 Å². The van der Waals surface area contributed by atoms with E-state index in [4.69, 9.17) is 4.74 Å². The van der Waals surface area contributed by atoms with Gasteiger partial charge in [-0.25, -0.2) is 0 Å². The van der Waals surface area contributed by atoms with Gasteiger partial charge in [-0.3, -0.25) is 0 Å². The summed E-state index contributed by atoms with van der Waals surface area (Å²) in [5.41, 5.74) is -0.0154. The van der Waals surface area contributed by atoms with Gasteiger partial charge in [0.05, 0.1) is 5.60 Å². The van der Waals surface area contributed by atoms with Gasteiger partial charge in [0.25, 0.3) is 0 Å². The second-order valence-corrected chi connectivity index (χ2v) is 5.83. The molecule has 102 valence electrons. The van der Waals surface area contributed by atoms with Crippen molar-refractivity contribution in [1.29, 1.82) is 0 Å². The van der Waals surface area contributed by atoms with Crippen molar-refractivity contribution < 1.29 is 4.74 Å². The minimum Gasteiger partial charge on any atom is -0.377 e. The third-order valence-electron chi connectivity index (χ3n) is 5.08. The molecule has 0 aliphatic heterocycles. The number of ether oxygens (including phenoxy) is 1. The molecule has 0 heterocycles. The molecule has 0 amide bonds. The van der Waals surface area contributed by atoms with Crippen LogP contribution in [0.5, 0.6) is 0 Å². The maximum atomic E-state index is 5.78. The zero-order chi connectivity index (χ0) is 12.9. The normalized spacial score (nSPS) is 30.9. The fourth-order valence-electron chi connectivity index (χ4n) is 3.46. The maximum absolute atomic E-state index is 5.78. The largest absolute Gasteiger partial charge is 0.377 e. The van der Waals surface area contributed by atoms with Gasteiger partial charge >= 0.3 is 0 Å². The van der Waals surface area contributed by atoms with Crippen LogP contribution >= 0.6 is 0 Å². The van der Waals surface area contributed by atoms with Crippen molar-refractivity contribution in [1.82, 2.24) is 5.32 Å². The van der Waals surface area contributed by atoms with Crippen LogP contribution in [0.15, 0.2) is 0 Å². The molecule has 1 saturated carbocycles. The summed E-state index contributed by atoms with van der Waals surface area (Å²) in [5, 5.41) is 3.52. The molecular formula is C15H31NO. The molecule has 2 nitrogen and oxygen atoms in total. The molecule has 2 unspecified atom stereocenters. The van der Waals surface area contributed by atoms with E-state index in [1.807, 2.05) is 7.11 Å². The Morgan fingerprint density at radius 1 is 1.24 bits per heavy atom. The van der Waals surface area contributed by atoms with Crippen LogP contribution in [0.25, 0.3) is 0 Å². The molecule has 0 aromatic rings. The highest BCUT2D eigenvalue weighted by Gasteiger charge is 2.38. The number of methoxy groups -OCH3 is 1. The molecule has 17 heavy (non-hydrogen) atoms. The van der Waals surface area contributed by atoms with Gasteiger partial charge in [-0.1, -0.05) is 33.1 Å². The molecule has 0 spiro atoms. The van der Waals surface area contributed by atoms with Gasteiger partial charge in [0.15, 0.2) is 0 Å². The second kappa shape index (κ2) is 6.75.